The fraction of sp³-hybridized carbons (Fsp3) is 0.176. The normalized spacial score (nSPS) is 11.3. The maximum Gasteiger partial charge on any atom is 0.471 e. The van der Waals surface area contributed by atoms with Gasteiger partial charge in [0.15, 0.2) is 0 Å². The highest BCUT2D eigenvalue weighted by atomic mass is 19.4. The minimum Gasteiger partial charge on any atom is -0.411 e. The van der Waals surface area contributed by atoms with Crippen LogP contribution in [0.4, 0.5) is 29.2 Å². The number of nitriles is 1. The number of hydrogen-bond donors (Lipinski definition) is 1. The molecule has 0 spiro atoms. The predicted octanol–water partition coefficient (Wildman–Crippen LogP) is 2.67. The molecule has 3 aromatic rings. The molecule has 0 unspecified atom stereocenters. The molecule has 0 saturated carbocycles. The molecule has 0 aliphatic carbocycles. The molecule has 3 rings (SSSR count). The van der Waals surface area contributed by atoms with E-state index >= 15 is 0 Å². The molecule has 29 heavy (non-hydrogen) atoms. The third-order valence-electron chi connectivity index (χ3n) is 4.04. The van der Waals surface area contributed by atoms with Crippen LogP contribution >= 0.6 is 0 Å². The van der Waals surface area contributed by atoms with E-state index in [9.17, 15) is 22.4 Å². The summed E-state index contributed by atoms with van der Waals surface area (Å²) in [7, 11) is 8.70. The third-order valence-corrected chi connectivity index (χ3v) is 4.04. The monoisotopic (exact) mass is 402 g/mol. The molecule has 146 valence electrons. The van der Waals surface area contributed by atoms with E-state index in [0.717, 1.165) is 16.9 Å². The number of nitrogens with zero attached hydrogens (tertiary/aromatic N) is 5. The van der Waals surface area contributed by atoms with Gasteiger partial charge in [-0.1, -0.05) is 6.07 Å². The van der Waals surface area contributed by atoms with Gasteiger partial charge in [-0.2, -0.15) is 18.4 Å². The lowest BCUT2D eigenvalue weighted by atomic mass is 10.0. The highest BCUT2D eigenvalue weighted by molar-refractivity contribution is 6.20. The number of rotatable bonds is 3. The fourth-order valence-corrected chi connectivity index (χ4v) is 2.77. The Kier molecular flexibility index (Phi) is 4.92. The number of aromatic nitrogens is 3. The SMILES string of the molecule is [B]N(C)c1nc(NC(=O)C(F)(F)F)c(-c2ccc(F)c(C#N)c2)c2c1ncn2C. The number of fused-ring (bicyclic) bond motifs is 1. The first-order valence-corrected chi connectivity index (χ1v) is 7.96. The van der Waals surface area contributed by atoms with Gasteiger partial charge in [0, 0.05) is 7.05 Å². The Bertz CT molecular complexity index is 1170. The third kappa shape index (κ3) is 3.58. The minimum absolute atomic E-state index is 0.00411. The highest BCUT2D eigenvalue weighted by Crippen LogP contribution is 2.38. The van der Waals surface area contributed by atoms with Gasteiger partial charge in [-0.05, 0) is 24.7 Å². The summed E-state index contributed by atoms with van der Waals surface area (Å²) < 4.78 is 53.8. The zero-order valence-electron chi connectivity index (χ0n) is 15.0. The summed E-state index contributed by atoms with van der Waals surface area (Å²) >= 11 is 0. The van der Waals surface area contributed by atoms with E-state index < -0.39 is 23.7 Å². The number of carbonyl (C=O) groups excluding carboxylic acids is 1. The van der Waals surface area contributed by atoms with Gasteiger partial charge in [-0.25, -0.2) is 14.4 Å². The number of aryl methyl sites for hydroxylation is 1. The first kappa shape index (κ1) is 20.1. The zero-order valence-corrected chi connectivity index (χ0v) is 15.0. The molecule has 0 fully saturated rings. The Balaban J connectivity index is 2.38. The number of imidazole rings is 1. The van der Waals surface area contributed by atoms with E-state index in [2.05, 4.69) is 9.97 Å². The number of nitrogens with one attached hydrogen (secondary N) is 1. The van der Waals surface area contributed by atoms with Crippen molar-refractivity contribution in [1.82, 2.24) is 14.5 Å². The van der Waals surface area contributed by atoms with Crippen molar-refractivity contribution in [3.63, 3.8) is 0 Å². The van der Waals surface area contributed by atoms with Crippen LogP contribution in [0.1, 0.15) is 5.56 Å². The van der Waals surface area contributed by atoms with Gasteiger partial charge in [0.1, 0.15) is 29.0 Å². The average molecular weight is 402 g/mol. The van der Waals surface area contributed by atoms with E-state index in [4.69, 9.17) is 13.2 Å². The number of anilines is 2. The van der Waals surface area contributed by atoms with Gasteiger partial charge in [-0.3, -0.25) is 4.79 Å². The molecule has 1 amide bonds. The maximum absolute atomic E-state index is 13.8. The van der Waals surface area contributed by atoms with Gasteiger partial charge in [0.25, 0.3) is 0 Å². The lowest BCUT2D eigenvalue weighted by Gasteiger charge is -2.19. The van der Waals surface area contributed by atoms with E-state index in [-0.39, 0.29) is 33.5 Å². The Morgan fingerprint density at radius 2 is 2.07 bits per heavy atom. The number of benzene rings is 1. The summed E-state index contributed by atoms with van der Waals surface area (Å²) in [6.45, 7) is 0. The summed E-state index contributed by atoms with van der Waals surface area (Å²) in [5.41, 5.74) is 0.374. The van der Waals surface area contributed by atoms with Crippen LogP contribution in [0.3, 0.4) is 0 Å². The Morgan fingerprint density at radius 1 is 1.38 bits per heavy atom. The van der Waals surface area contributed by atoms with E-state index in [1.54, 1.807) is 18.4 Å². The van der Waals surface area contributed by atoms with Gasteiger partial charge >= 0.3 is 12.1 Å². The molecular weight excluding hydrogens is 391 g/mol. The molecule has 2 radical (unpaired) electrons. The molecule has 7 nitrogen and oxygen atoms in total. The number of alkyl halides is 3. The second kappa shape index (κ2) is 7.08. The Labute approximate surface area is 163 Å². The topological polar surface area (TPSA) is 86.8 Å². The van der Waals surface area contributed by atoms with Crippen LogP contribution in [0.25, 0.3) is 22.2 Å². The van der Waals surface area contributed by atoms with Crippen molar-refractivity contribution in [1.29, 1.82) is 5.26 Å². The zero-order chi connectivity index (χ0) is 21.5. The summed E-state index contributed by atoms with van der Waals surface area (Å²) in [5.74, 6) is -3.51. The fourth-order valence-electron chi connectivity index (χ4n) is 2.77. The van der Waals surface area contributed by atoms with Gasteiger partial charge in [-0.15, -0.1) is 0 Å². The van der Waals surface area contributed by atoms with Gasteiger partial charge in [0.2, 0.25) is 7.98 Å². The summed E-state index contributed by atoms with van der Waals surface area (Å²) in [6, 6.07) is 5.06. The van der Waals surface area contributed by atoms with Crippen molar-refractivity contribution in [2.24, 2.45) is 7.05 Å². The molecule has 1 aromatic carbocycles. The van der Waals surface area contributed by atoms with Crippen molar-refractivity contribution in [2.45, 2.75) is 6.18 Å². The van der Waals surface area contributed by atoms with Gasteiger partial charge < -0.3 is 14.7 Å². The molecule has 0 aliphatic heterocycles. The van der Waals surface area contributed by atoms with Crippen LogP contribution in [0.2, 0.25) is 0 Å². The first-order valence-electron chi connectivity index (χ1n) is 7.96. The van der Waals surface area contributed by atoms with Crippen LogP contribution in [0, 0.1) is 17.1 Å². The second-order valence-electron chi connectivity index (χ2n) is 6.08. The molecule has 2 aromatic heterocycles. The quantitative estimate of drug-likeness (QED) is 0.538. The molecule has 0 atom stereocenters. The van der Waals surface area contributed by atoms with Crippen LogP contribution in [-0.2, 0) is 11.8 Å². The van der Waals surface area contributed by atoms with Crippen LogP contribution in [0.15, 0.2) is 24.5 Å². The van der Waals surface area contributed by atoms with E-state index in [1.165, 1.54) is 24.0 Å². The Morgan fingerprint density at radius 3 is 2.66 bits per heavy atom. The molecule has 12 heteroatoms. The lowest BCUT2D eigenvalue weighted by Crippen LogP contribution is -2.31. The van der Waals surface area contributed by atoms with Crippen LogP contribution in [0.5, 0.6) is 0 Å². The number of carbonyl (C=O) groups is 1. The standard InChI is InChI=1S/C17H11BF4N6O/c1-27-7-24-12-13(27)11(8-3-4-10(19)9(5-8)6-23)14(25-15(12)28(2)18)26-16(29)17(20,21)22/h3-5,7H,1-2H3,(H,25,26,29). The van der Waals surface area contributed by atoms with E-state index in [0.29, 0.717) is 0 Å². The first-order chi connectivity index (χ1) is 13.5. The van der Waals surface area contributed by atoms with E-state index in [1.807, 2.05) is 0 Å². The highest BCUT2D eigenvalue weighted by Gasteiger charge is 2.39. The van der Waals surface area contributed by atoms with Gasteiger partial charge in [0.05, 0.1) is 23.0 Å². The average Bonchev–Trinajstić information content (AvgIpc) is 3.02. The lowest BCUT2D eigenvalue weighted by molar-refractivity contribution is -0.167. The largest absolute Gasteiger partial charge is 0.471 e. The predicted molar refractivity (Wildman–Crippen MR) is 97.5 cm³/mol. The summed E-state index contributed by atoms with van der Waals surface area (Å²) in [6.07, 6.45) is -3.79. The van der Waals surface area contributed by atoms with Crippen LogP contribution in [-0.4, -0.2) is 41.6 Å². The molecular formula is C17H11BF4N6O. The summed E-state index contributed by atoms with van der Waals surface area (Å²) in [4.78, 5) is 20.8. The van der Waals surface area contributed by atoms with Crippen molar-refractivity contribution in [3.8, 4) is 17.2 Å². The van der Waals surface area contributed by atoms with Crippen molar-refractivity contribution < 1.29 is 22.4 Å². The van der Waals surface area contributed by atoms with Crippen LogP contribution < -0.4 is 10.1 Å². The smallest absolute Gasteiger partial charge is 0.411 e. The van der Waals surface area contributed by atoms with Crippen molar-refractivity contribution >= 4 is 36.6 Å². The number of amides is 1. The maximum atomic E-state index is 13.8. The number of halogens is 4. The number of pyridine rings is 1. The summed E-state index contributed by atoms with van der Waals surface area (Å²) in [5, 5.41) is 10.8. The molecule has 1 N–H and O–H groups in total. The molecule has 0 saturated heterocycles. The molecule has 0 bridgehead atoms. The van der Waals surface area contributed by atoms with Crippen molar-refractivity contribution in [3.05, 3.63) is 35.9 Å². The van der Waals surface area contributed by atoms with Crippen molar-refractivity contribution in [2.75, 3.05) is 17.2 Å². The second-order valence-corrected chi connectivity index (χ2v) is 6.08. The molecule has 2 heterocycles. The number of hydrogen-bond acceptors (Lipinski definition) is 5. The minimum atomic E-state index is -5.17. The molecule has 0 aliphatic rings. The Hall–Kier alpha value is -3.62.